The Morgan fingerprint density at radius 3 is 2.68 bits per heavy atom. The third-order valence-corrected chi connectivity index (χ3v) is 3.70. The summed E-state index contributed by atoms with van der Waals surface area (Å²) in [7, 11) is 1.98. The number of benzene rings is 2. The molecule has 92 valence electrons. The van der Waals surface area contributed by atoms with Gasteiger partial charge in [0.2, 0.25) is 0 Å². The van der Waals surface area contributed by atoms with Crippen molar-refractivity contribution in [3.8, 4) is 0 Å². The van der Waals surface area contributed by atoms with Gasteiger partial charge in [-0.15, -0.1) is 0 Å². The second-order valence-electron chi connectivity index (χ2n) is 4.70. The van der Waals surface area contributed by atoms with Crippen LogP contribution in [0.2, 0.25) is 0 Å². The van der Waals surface area contributed by atoms with E-state index in [1.807, 2.05) is 49.5 Å². The van der Waals surface area contributed by atoms with Crippen LogP contribution >= 0.6 is 0 Å². The van der Waals surface area contributed by atoms with Crippen molar-refractivity contribution >= 4 is 32.8 Å². The Balaban J connectivity index is 2.44. The third kappa shape index (κ3) is 1.24. The molecule has 0 aliphatic heterocycles. The van der Waals surface area contributed by atoms with Crippen LogP contribution in [0.4, 0.5) is 0 Å². The van der Waals surface area contributed by atoms with Crippen LogP contribution in [0.15, 0.2) is 57.9 Å². The molecule has 4 aromatic rings. The van der Waals surface area contributed by atoms with Gasteiger partial charge in [0.1, 0.15) is 5.58 Å². The zero-order chi connectivity index (χ0) is 13.0. The molecule has 0 aliphatic carbocycles. The second-order valence-corrected chi connectivity index (χ2v) is 4.70. The van der Waals surface area contributed by atoms with E-state index in [9.17, 15) is 4.79 Å². The van der Waals surface area contributed by atoms with Gasteiger partial charge in [-0.1, -0.05) is 12.1 Å². The van der Waals surface area contributed by atoms with Crippen molar-refractivity contribution in [2.24, 2.45) is 7.05 Å². The molecule has 0 aliphatic rings. The minimum atomic E-state index is 0.0757. The number of furan rings is 1. The van der Waals surface area contributed by atoms with E-state index in [4.69, 9.17) is 4.42 Å². The maximum absolute atomic E-state index is 12.6. The fourth-order valence-corrected chi connectivity index (χ4v) is 2.80. The van der Waals surface area contributed by atoms with Crippen molar-refractivity contribution in [1.29, 1.82) is 0 Å². The first-order valence-corrected chi connectivity index (χ1v) is 6.15. The van der Waals surface area contributed by atoms with Crippen molar-refractivity contribution < 1.29 is 4.42 Å². The average Bonchev–Trinajstić information content (AvgIpc) is 2.92. The predicted molar refractivity (Wildman–Crippen MR) is 76.5 cm³/mol. The number of hydrogen-bond acceptors (Lipinski definition) is 2. The van der Waals surface area contributed by atoms with E-state index >= 15 is 0 Å². The molecule has 0 saturated heterocycles. The molecule has 0 saturated carbocycles. The van der Waals surface area contributed by atoms with E-state index in [0.717, 1.165) is 32.8 Å². The minimum Gasteiger partial charge on any atom is -0.464 e. The lowest BCUT2D eigenvalue weighted by Gasteiger charge is -2.10. The number of nitrogens with zero attached hydrogens (tertiary/aromatic N) is 1. The molecule has 19 heavy (non-hydrogen) atoms. The van der Waals surface area contributed by atoms with E-state index < -0.39 is 0 Å². The van der Waals surface area contributed by atoms with Gasteiger partial charge in [0, 0.05) is 23.2 Å². The molecule has 3 nitrogen and oxygen atoms in total. The number of para-hydroxylation sites is 1. The van der Waals surface area contributed by atoms with E-state index in [2.05, 4.69) is 4.57 Å². The standard InChI is InChI=1S/C16H11NO2/c1-17-13-5-3-2-4-10(13)16(18)12-6-7-14-11(15(12)17)8-9-19-14/h2-9H,1H3. The maximum atomic E-state index is 12.6. The molecule has 3 heteroatoms. The summed E-state index contributed by atoms with van der Waals surface area (Å²) in [6.45, 7) is 0. The second kappa shape index (κ2) is 3.48. The normalized spacial score (nSPS) is 11.6. The molecule has 0 radical (unpaired) electrons. The summed E-state index contributed by atoms with van der Waals surface area (Å²) in [5.74, 6) is 0. The van der Waals surface area contributed by atoms with E-state index in [-0.39, 0.29) is 5.43 Å². The molecule has 0 spiro atoms. The summed E-state index contributed by atoms with van der Waals surface area (Å²) in [5, 5.41) is 2.46. The molecule has 4 rings (SSSR count). The molecular formula is C16H11NO2. The van der Waals surface area contributed by atoms with Crippen LogP contribution in [0.3, 0.4) is 0 Å². The quantitative estimate of drug-likeness (QED) is 0.447. The summed E-state index contributed by atoms with van der Waals surface area (Å²) in [6, 6.07) is 13.3. The van der Waals surface area contributed by atoms with Crippen molar-refractivity contribution in [2.45, 2.75) is 0 Å². The number of aryl methyl sites for hydroxylation is 1. The summed E-state index contributed by atoms with van der Waals surface area (Å²) >= 11 is 0. The highest BCUT2D eigenvalue weighted by Crippen LogP contribution is 2.26. The maximum Gasteiger partial charge on any atom is 0.197 e. The third-order valence-electron chi connectivity index (χ3n) is 3.70. The van der Waals surface area contributed by atoms with Crippen LogP contribution in [0.1, 0.15) is 0 Å². The van der Waals surface area contributed by atoms with Gasteiger partial charge in [-0.2, -0.15) is 0 Å². The zero-order valence-electron chi connectivity index (χ0n) is 10.4. The molecule has 0 amide bonds. The summed E-state index contributed by atoms with van der Waals surface area (Å²) < 4.78 is 7.48. The van der Waals surface area contributed by atoms with Crippen LogP contribution < -0.4 is 5.43 Å². The Hall–Kier alpha value is -2.55. The molecular weight excluding hydrogens is 238 g/mol. The number of rotatable bonds is 0. The molecule has 0 unspecified atom stereocenters. The highest BCUT2D eigenvalue weighted by atomic mass is 16.3. The Bertz CT molecular complexity index is 992. The average molecular weight is 249 g/mol. The predicted octanol–water partition coefficient (Wildman–Crippen LogP) is 3.44. The number of hydrogen-bond donors (Lipinski definition) is 0. The molecule has 0 fully saturated rings. The minimum absolute atomic E-state index is 0.0757. The largest absolute Gasteiger partial charge is 0.464 e. The molecule has 2 aromatic heterocycles. The van der Waals surface area contributed by atoms with Crippen LogP contribution in [0, 0.1) is 0 Å². The SMILES string of the molecule is Cn1c2ccccc2c(=O)c2ccc3occc3c21. The lowest BCUT2D eigenvalue weighted by Crippen LogP contribution is -2.08. The Labute approximate surface area is 108 Å². The summed E-state index contributed by atoms with van der Waals surface area (Å²) in [5.41, 5.74) is 2.74. The van der Waals surface area contributed by atoms with Crippen LogP contribution in [0.25, 0.3) is 32.8 Å². The zero-order valence-corrected chi connectivity index (χ0v) is 10.4. The number of aromatic nitrogens is 1. The first-order chi connectivity index (χ1) is 9.27. The van der Waals surface area contributed by atoms with Gasteiger partial charge < -0.3 is 8.98 Å². The fraction of sp³-hybridized carbons (Fsp3) is 0.0625. The van der Waals surface area contributed by atoms with Gasteiger partial charge in [0.25, 0.3) is 0 Å². The van der Waals surface area contributed by atoms with Gasteiger partial charge in [0.05, 0.1) is 17.3 Å². The lowest BCUT2D eigenvalue weighted by molar-refractivity contribution is 0.616. The van der Waals surface area contributed by atoms with Gasteiger partial charge in [-0.25, -0.2) is 0 Å². The van der Waals surface area contributed by atoms with Crippen LogP contribution in [0.5, 0.6) is 0 Å². The Kier molecular flexibility index (Phi) is 1.90. The van der Waals surface area contributed by atoms with E-state index in [0.29, 0.717) is 0 Å². The summed E-state index contributed by atoms with van der Waals surface area (Å²) in [4.78, 5) is 12.6. The van der Waals surface area contributed by atoms with Gasteiger partial charge in [-0.3, -0.25) is 4.79 Å². The van der Waals surface area contributed by atoms with Crippen molar-refractivity contribution in [1.82, 2.24) is 4.57 Å². The molecule has 2 aromatic carbocycles. The van der Waals surface area contributed by atoms with Gasteiger partial charge in [0.15, 0.2) is 5.43 Å². The highest BCUT2D eigenvalue weighted by Gasteiger charge is 2.11. The lowest BCUT2D eigenvalue weighted by atomic mass is 10.1. The smallest absolute Gasteiger partial charge is 0.197 e. The monoisotopic (exact) mass is 249 g/mol. The first-order valence-electron chi connectivity index (χ1n) is 6.15. The van der Waals surface area contributed by atoms with Crippen molar-refractivity contribution in [3.63, 3.8) is 0 Å². The van der Waals surface area contributed by atoms with E-state index in [1.165, 1.54) is 0 Å². The van der Waals surface area contributed by atoms with Crippen LogP contribution in [-0.2, 0) is 7.05 Å². The first kappa shape index (κ1) is 10.4. The van der Waals surface area contributed by atoms with Crippen molar-refractivity contribution in [3.05, 3.63) is 59.0 Å². The fourth-order valence-electron chi connectivity index (χ4n) is 2.80. The van der Waals surface area contributed by atoms with Crippen molar-refractivity contribution in [2.75, 3.05) is 0 Å². The van der Waals surface area contributed by atoms with E-state index in [1.54, 1.807) is 6.26 Å². The topological polar surface area (TPSA) is 35.1 Å². The van der Waals surface area contributed by atoms with Gasteiger partial charge in [-0.05, 0) is 30.3 Å². The highest BCUT2D eigenvalue weighted by molar-refractivity contribution is 6.07. The van der Waals surface area contributed by atoms with Gasteiger partial charge >= 0.3 is 0 Å². The molecule has 0 bridgehead atoms. The number of fused-ring (bicyclic) bond motifs is 4. The van der Waals surface area contributed by atoms with Crippen LogP contribution in [-0.4, -0.2) is 4.57 Å². The summed E-state index contributed by atoms with van der Waals surface area (Å²) in [6.07, 6.45) is 1.66. The molecule has 0 atom stereocenters. The molecule has 0 N–H and O–H groups in total. The Morgan fingerprint density at radius 1 is 0.947 bits per heavy atom. The molecule has 2 heterocycles. The number of pyridine rings is 1. The Morgan fingerprint density at radius 2 is 1.79 bits per heavy atom.